The number of likely N-dealkylation sites (tertiary alicyclic amines) is 1. The van der Waals surface area contributed by atoms with E-state index in [9.17, 15) is 0 Å². The van der Waals surface area contributed by atoms with E-state index in [1.807, 2.05) is 0 Å². The first-order valence-electron chi connectivity index (χ1n) is 14.1. The zero-order chi connectivity index (χ0) is 25.6. The normalized spacial score (nSPS) is 23.4. The number of hydrogen-bond acceptors (Lipinski definition) is 2. The third-order valence-electron chi connectivity index (χ3n) is 8.84. The van der Waals surface area contributed by atoms with Crippen molar-refractivity contribution in [3.05, 3.63) is 77.9 Å². The molecule has 1 heterocycles. The first kappa shape index (κ1) is 27.6. The fourth-order valence-corrected chi connectivity index (χ4v) is 7.96. The van der Waals surface area contributed by atoms with Crippen LogP contribution in [0.15, 0.2) is 72.3 Å². The van der Waals surface area contributed by atoms with Gasteiger partial charge in [-0.3, -0.25) is 4.90 Å². The van der Waals surface area contributed by atoms with Gasteiger partial charge in [0.05, 0.1) is 16.1 Å². The first-order valence-corrected chi connectivity index (χ1v) is 18.3. The van der Waals surface area contributed by atoms with Gasteiger partial charge >= 0.3 is 0 Å². The Balaban J connectivity index is 1.61. The van der Waals surface area contributed by atoms with Crippen molar-refractivity contribution < 1.29 is 4.43 Å². The molecule has 4 rings (SSSR count). The van der Waals surface area contributed by atoms with Crippen LogP contribution in [0.5, 0.6) is 0 Å². The second-order valence-corrected chi connectivity index (χ2v) is 18.7. The van der Waals surface area contributed by atoms with Crippen molar-refractivity contribution in [1.29, 1.82) is 0 Å². The Bertz CT molecular complexity index is 961. The maximum atomic E-state index is 6.94. The minimum Gasteiger partial charge on any atom is -0.415 e. The second-order valence-electron chi connectivity index (χ2n) is 12.5. The van der Waals surface area contributed by atoms with Crippen molar-refractivity contribution >= 4 is 23.0 Å². The summed E-state index contributed by atoms with van der Waals surface area (Å²) in [6.45, 7) is 14.9. The van der Waals surface area contributed by atoms with Crippen molar-refractivity contribution in [1.82, 2.24) is 4.90 Å². The number of allylic oxidation sites excluding steroid dienone is 1. The SMILES string of the molecule is CC(C)(C)[Si](C)(C)OC[C@H]1[C@H](C[Si]c2ccccc2)/C(=C\C2CCCCC2)CN1Cc1ccccc1. The molecule has 1 saturated heterocycles. The maximum Gasteiger partial charge on any atom is 0.192 e. The molecule has 0 amide bonds. The highest BCUT2D eigenvalue weighted by atomic mass is 28.4. The third kappa shape index (κ3) is 7.31. The Kier molecular flexibility index (Phi) is 9.48. The van der Waals surface area contributed by atoms with Crippen LogP contribution in [-0.4, -0.2) is 41.9 Å². The lowest BCUT2D eigenvalue weighted by molar-refractivity contribution is 0.138. The summed E-state index contributed by atoms with van der Waals surface area (Å²) in [5, 5.41) is 1.72. The van der Waals surface area contributed by atoms with E-state index in [0.717, 1.165) is 35.1 Å². The predicted octanol–water partition coefficient (Wildman–Crippen LogP) is 7.46. The molecule has 1 saturated carbocycles. The fourth-order valence-electron chi connectivity index (χ4n) is 5.52. The lowest BCUT2D eigenvalue weighted by Gasteiger charge is -2.39. The summed E-state index contributed by atoms with van der Waals surface area (Å²) in [7, 11) is -0.970. The lowest BCUT2D eigenvalue weighted by Crippen LogP contribution is -2.46. The molecule has 0 unspecified atom stereocenters. The molecule has 2 aromatic carbocycles. The van der Waals surface area contributed by atoms with Crippen molar-refractivity contribution in [3.8, 4) is 0 Å². The topological polar surface area (TPSA) is 12.5 Å². The Morgan fingerprint density at radius 1 is 0.944 bits per heavy atom. The predicted molar refractivity (Wildman–Crippen MR) is 159 cm³/mol. The van der Waals surface area contributed by atoms with Gasteiger partial charge in [0.2, 0.25) is 0 Å². The van der Waals surface area contributed by atoms with Gasteiger partial charge in [-0.1, -0.05) is 118 Å². The van der Waals surface area contributed by atoms with Crippen LogP contribution in [0, 0.1) is 11.8 Å². The summed E-state index contributed by atoms with van der Waals surface area (Å²) in [6, 6.07) is 23.9. The molecular weight excluding hydrogens is 471 g/mol. The lowest BCUT2D eigenvalue weighted by atomic mass is 9.86. The van der Waals surface area contributed by atoms with Crippen molar-refractivity contribution in [2.45, 2.75) is 89.6 Å². The van der Waals surface area contributed by atoms with Crippen LogP contribution >= 0.6 is 0 Å². The van der Waals surface area contributed by atoms with Crippen LogP contribution in [0.4, 0.5) is 0 Å². The molecule has 2 aliphatic rings. The van der Waals surface area contributed by atoms with Crippen molar-refractivity contribution in [2.24, 2.45) is 11.8 Å². The van der Waals surface area contributed by atoms with E-state index >= 15 is 0 Å². The fraction of sp³-hybridized carbons (Fsp3) is 0.562. The van der Waals surface area contributed by atoms with E-state index in [1.165, 1.54) is 48.9 Å². The molecule has 1 aliphatic carbocycles. The summed E-state index contributed by atoms with van der Waals surface area (Å²) in [5.41, 5.74) is 3.11. The minimum atomic E-state index is -1.82. The zero-order valence-electron chi connectivity index (χ0n) is 23.3. The van der Waals surface area contributed by atoms with E-state index < -0.39 is 8.32 Å². The molecule has 0 bridgehead atoms. The number of benzene rings is 2. The molecule has 2 fully saturated rings. The molecule has 1 aliphatic heterocycles. The Morgan fingerprint density at radius 3 is 2.22 bits per heavy atom. The quantitative estimate of drug-likeness (QED) is 0.253. The Hall–Kier alpha value is -1.47. The molecule has 2 nitrogen and oxygen atoms in total. The van der Waals surface area contributed by atoms with Crippen LogP contribution in [0.2, 0.25) is 24.2 Å². The van der Waals surface area contributed by atoms with Gasteiger partial charge in [-0.15, -0.1) is 0 Å². The molecule has 36 heavy (non-hydrogen) atoms. The maximum absolute atomic E-state index is 6.94. The summed E-state index contributed by atoms with van der Waals surface area (Å²) in [4.78, 5) is 2.75. The average Bonchev–Trinajstić information content (AvgIpc) is 3.18. The molecular formula is C32H47NOSi2. The van der Waals surface area contributed by atoms with Crippen LogP contribution in [0.25, 0.3) is 0 Å². The summed E-state index contributed by atoms with van der Waals surface area (Å²) in [6.07, 6.45) is 9.69. The van der Waals surface area contributed by atoms with E-state index in [2.05, 4.69) is 106 Å². The van der Waals surface area contributed by atoms with Gasteiger partial charge in [0.1, 0.15) is 0 Å². The number of rotatable bonds is 9. The molecule has 2 aromatic rings. The third-order valence-corrected chi connectivity index (χ3v) is 14.7. The van der Waals surface area contributed by atoms with E-state index in [0.29, 0.717) is 12.0 Å². The number of nitrogens with zero attached hydrogens (tertiary/aromatic N) is 1. The molecule has 194 valence electrons. The van der Waals surface area contributed by atoms with E-state index in [1.54, 1.807) is 5.57 Å². The Labute approximate surface area is 224 Å². The molecule has 2 atom stereocenters. The van der Waals surface area contributed by atoms with Gasteiger partial charge in [-0.2, -0.15) is 0 Å². The monoisotopic (exact) mass is 517 g/mol. The largest absolute Gasteiger partial charge is 0.415 e. The first-order chi connectivity index (χ1) is 17.2. The number of hydrogen-bond donors (Lipinski definition) is 0. The van der Waals surface area contributed by atoms with Gasteiger partial charge in [-0.05, 0) is 54.4 Å². The molecule has 0 N–H and O–H groups in total. The smallest absolute Gasteiger partial charge is 0.192 e. The van der Waals surface area contributed by atoms with Gasteiger partial charge in [0.25, 0.3) is 0 Å². The van der Waals surface area contributed by atoms with Crippen LogP contribution < -0.4 is 5.19 Å². The van der Waals surface area contributed by atoms with E-state index in [-0.39, 0.29) is 5.04 Å². The second kappa shape index (κ2) is 12.4. The van der Waals surface area contributed by atoms with Crippen molar-refractivity contribution in [2.75, 3.05) is 13.2 Å². The minimum absolute atomic E-state index is 0.234. The van der Waals surface area contributed by atoms with Crippen LogP contribution in [0.1, 0.15) is 58.4 Å². The average molecular weight is 518 g/mol. The summed E-state index contributed by atoms with van der Waals surface area (Å²) in [5.74, 6) is 1.36. The van der Waals surface area contributed by atoms with Crippen LogP contribution in [0.3, 0.4) is 0 Å². The highest BCUT2D eigenvalue weighted by molar-refractivity contribution is 6.74. The molecule has 0 spiro atoms. The Morgan fingerprint density at radius 2 is 1.58 bits per heavy atom. The highest BCUT2D eigenvalue weighted by Gasteiger charge is 2.42. The summed E-state index contributed by atoms with van der Waals surface area (Å²) < 4.78 is 6.94. The van der Waals surface area contributed by atoms with Gasteiger partial charge in [-0.25, -0.2) is 0 Å². The summed E-state index contributed by atoms with van der Waals surface area (Å²) >= 11 is 0. The van der Waals surface area contributed by atoms with Crippen molar-refractivity contribution in [3.63, 3.8) is 0 Å². The van der Waals surface area contributed by atoms with Gasteiger partial charge < -0.3 is 4.43 Å². The standard InChI is InChI=1S/C32H47NOSi2/c1-32(2,3)36(4,5)34-24-31-30(25-35-29-19-13-8-14-20-29)28(21-26-15-9-6-10-16-26)23-33(31)22-27-17-11-7-12-18-27/h7-8,11-14,17-21,26,30-31H,6,9-10,15-16,22-25H2,1-5H3/b28-21-/t30-,31+/m1/s1. The molecule has 2 radical (unpaired) electrons. The zero-order valence-corrected chi connectivity index (χ0v) is 25.3. The highest BCUT2D eigenvalue weighted by Crippen LogP contribution is 2.40. The molecule has 0 aromatic heterocycles. The van der Waals surface area contributed by atoms with Gasteiger partial charge in [0.15, 0.2) is 8.32 Å². The van der Waals surface area contributed by atoms with Gasteiger partial charge in [0, 0.05) is 19.1 Å². The van der Waals surface area contributed by atoms with E-state index in [4.69, 9.17) is 4.43 Å². The van der Waals surface area contributed by atoms with Crippen LogP contribution in [-0.2, 0) is 11.0 Å². The molecule has 4 heteroatoms.